The number of anilines is 1. The van der Waals surface area contributed by atoms with Gasteiger partial charge in [0.1, 0.15) is 5.52 Å². The molecule has 72 valence electrons. The van der Waals surface area contributed by atoms with Crippen LogP contribution in [0.25, 0.3) is 11.1 Å². The Hall–Kier alpha value is -1.84. The van der Waals surface area contributed by atoms with Crippen molar-refractivity contribution in [2.24, 2.45) is 0 Å². The van der Waals surface area contributed by atoms with Gasteiger partial charge in [0, 0.05) is 18.2 Å². The zero-order valence-electron chi connectivity index (χ0n) is 7.78. The molecule has 0 saturated heterocycles. The minimum absolute atomic E-state index is 0.0103. The lowest BCUT2D eigenvalue weighted by Gasteiger charge is -2.01. The van der Waals surface area contributed by atoms with Crippen molar-refractivity contribution in [1.29, 1.82) is 0 Å². The maximum Gasteiger partial charge on any atom is 0.224 e. The molecule has 0 unspecified atom stereocenters. The van der Waals surface area contributed by atoms with E-state index in [4.69, 9.17) is 4.42 Å². The molecule has 1 N–H and O–H groups in total. The molecular weight excluding hydrogens is 180 g/mol. The smallest absolute Gasteiger partial charge is 0.224 e. The van der Waals surface area contributed by atoms with Gasteiger partial charge >= 0.3 is 0 Å². The minimum atomic E-state index is -0.0103. The first-order valence-corrected chi connectivity index (χ1v) is 4.42. The van der Waals surface area contributed by atoms with Gasteiger partial charge in [-0.15, -0.1) is 0 Å². The summed E-state index contributed by atoms with van der Waals surface area (Å²) >= 11 is 0. The highest BCUT2D eigenvalue weighted by molar-refractivity contribution is 5.92. The lowest BCUT2D eigenvalue weighted by Crippen LogP contribution is -2.08. The molecule has 0 atom stereocenters. The van der Waals surface area contributed by atoms with Crippen molar-refractivity contribution in [3.63, 3.8) is 0 Å². The van der Waals surface area contributed by atoms with Crippen molar-refractivity contribution in [3.05, 3.63) is 24.6 Å². The van der Waals surface area contributed by atoms with E-state index in [1.165, 1.54) is 6.39 Å². The third-order valence-corrected chi connectivity index (χ3v) is 1.94. The maximum atomic E-state index is 11.1. The third-order valence-electron chi connectivity index (χ3n) is 1.94. The quantitative estimate of drug-likeness (QED) is 0.789. The maximum absolute atomic E-state index is 11.1. The molecule has 2 rings (SSSR count). The number of oxazole rings is 1. The van der Waals surface area contributed by atoms with Crippen molar-refractivity contribution in [2.75, 3.05) is 5.32 Å². The average molecular weight is 190 g/mol. The van der Waals surface area contributed by atoms with Crippen LogP contribution < -0.4 is 5.32 Å². The number of benzene rings is 1. The second-order valence-corrected chi connectivity index (χ2v) is 2.94. The summed E-state index contributed by atoms with van der Waals surface area (Å²) in [7, 11) is 0. The molecule has 0 saturated carbocycles. The van der Waals surface area contributed by atoms with E-state index in [9.17, 15) is 4.79 Å². The van der Waals surface area contributed by atoms with Crippen LogP contribution in [0.3, 0.4) is 0 Å². The summed E-state index contributed by atoms with van der Waals surface area (Å²) < 4.78 is 5.11. The van der Waals surface area contributed by atoms with Crippen LogP contribution in [0.1, 0.15) is 13.3 Å². The molecule has 0 radical (unpaired) electrons. The molecule has 1 heterocycles. The number of hydrogen-bond acceptors (Lipinski definition) is 3. The second-order valence-electron chi connectivity index (χ2n) is 2.94. The van der Waals surface area contributed by atoms with E-state index in [0.717, 1.165) is 11.2 Å². The first kappa shape index (κ1) is 8.74. The molecule has 0 aliphatic rings. The molecule has 0 aliphatic heterocycles. The van der Waals surface area contributed by atoms with Crippen molar-refractivity contribution >= 4 is 22.7 Å². The number of aromatic nitrogens is 1. The Morgan fingerprint density at radius 1 is 1.57 bits per heavy atom. The summed E-state index contributed by atoms with van der Waals surface area (Å²) in [4.78, 5) is 15.1. The number of nitrogens with zero attached hydrogens (tertiary/aromatic N) is 1. The van der Waals surface area contributed by atoms with E-state index < -0.39 is 0 Å². The molecule has 0 bridgehead atoms. The van der Waals surface area contributed by atoms with E-state index in [1.54, 1.807) is 12.1 Å². The number of nitrogens with one attached hydrogen (secondary N) is 1. The Bertz CT molecular complexity index is 462. The standard InChI is InChI=1S/C10H10N2O2/c1-2-10(13)12-7-3-4-8-9(5-7)14-6-11-8/h3-6H,2H2,1H3,(H,12,13). The summed E-state index contributed by atoms with van der Waals surface area (Å²) in [6.07, 6.45) is 1.85. The van der Waals surface area contributed by atoms with E-state index in [2.05, 4.69) is 10.3 Å². The highest BCUT2D eigenvalue weighted by Gasteiger charge is 2.02. The van der Waals surface area contributed by atoms with Crippen LogP contribution in [0.2, 0.25) is 0 Å². The monoisotopic (exact) mass is 190 g/mol. The van der Waals surface area contributed by atoms with Crippen molar-refractivity contribution in [1.82, 2.24) is 4.98 Å². The lowest BCUT2D eigenvalue weighted by atomic mass is 10.3. The van der Waals surface area contributed by atoms with Gasteiger partial charge in [-0.1, -0.05) is 6.92 Å². The number of fused-ring (bicyclic) bond motifs is 1. The van der Waals surface area contributed by atoms with Gasteiger partial charge in [-0.2, -0.15) is 0 Å². The predicted molar refractivity (Wildman–Crippen MR) is 52.9 cm³/mol. The predicted octanol–water partition coefficient (Wildman–Crippen LogP) is 2.18. The van der Waals surface area contributed by atoms with Crippen LogP contribution in [0.5, 0.6) is 0 Å². The number of carbonyl (C=O) groups excluding carboxylic acids is 1. The summed E-state index contributed by atoms with van der Waals surface area (Å²) in [6, 6.07) is 5.37. The van der Waals surface area contributed by atoms with E-state index in [-0.39, 0.29) is 5.91 Å². The number of amides is 1. The van der Waals surface area contributed by atoms with Gasteiger partial charge in [0.25, 0.3) is 0 Å². The molecule has 4 heteroatoms. The Morgan fingerprint density at radius 3 is 3.21 bits per heavy atom. The fourth-order valence-electron chi connectivity index (χ4n) is 1.18. The molecule has 1 aromatic heterocycles. The van der Waals surface area contributed by atoms with Gasteiger partial charge in [-0.05, 0) is 12.1 Å². The van der Waals surface area contributed by atoms with Gasteiger partial charge in [-0.3, -0.25) is 4.79 Å². The highest BCUT2D eigenvalue weighted by atomic mass is 16.3. The minimum Gasteiger partial charge on any atom is -0.443 e. The van der Waals surface area contributed by atoms with Gasteiger partial charge < -0.3 is 9.73 Å². The fourth-order valence-corrected chi connectivity index (χ4v) is 1.18. The van der Waals surface area contributed by atoms with Crippen LogP contribution in [-0.2, 0) is 4.79 Å². The molecule has 0 aliphatic carbocycles. The summed E-state index contributed by atoms with van der Waals surface area (Å²) in [5.41, 5.74) is 2.21. The first-order chi connectivity index (χ1) is 6.79. The molecule has 1 aromatic carbocycles. The van der Waals surface area contributed by atoms with Crippen molar-refractivity contribution < 1.29 is 9.21 Å². The van der Waals surface area contributed by atoms with Crippen LogP contribution in [0.15, 0.2) is 29.0 Å². The van der Waals surface area contributed by atoms with Crippen LogP contribution in [0, 0.1) is 0 Å². The average Bonchev–Trinajstić information content (AvgIpc) is 2.64. The molecule has 0 spiro atoms. The lowest BCUT2D eigenvalue weighted by molar-refractivity contribution is -0.115. The summed E-state index contributed by atoms with van der Waals surface area (Å²) in [5, 5.41) is 2.75. The Kier molecular flexibility index (Phi) is 2.18. The summed E-state index contributed by atoms with van der Waals surface area (Å²) in [6.45, 7) is 1.81. The van der Waals surface area contributed by atoms with Gasteiger partial charge in [0.15, 0.2) is 12.0 Å². The normalized spacial score (nSPS) is 10.4. The van der Waals surface area contributed by atoms with E-state index in [1.807, 2.05) is 13.0 Å². The van der Waals surface area contributed by atoms with Gasteiger partial charge in [-0.25, -0.2) is 4.98 Å². The molecule has 2 aromatic rings. The third kappa shape index (κ3) is 1.59. The second kappa shape index (κ2) is 3.49. The Labute approximate surface area is 80.9 Å². The number of hydrogen-bond donors (Lipinski definition) is 1. The van der Waals surface area contributed by atoms with Crippen molar-refractivity contribution in [3.8, 4) is 0 Å². The van der Waals surface area contributed by atoms with Crippen LogP contribution in [0.4, 0.5) is 5.69 Å². The first-order valence-electron chi connectivity index (χ1n) is 4.42. The van der Waals surface area contributed by atoms with Crippen molar-refractivity contribution in [2.45, 2.75) is 13.3 Å². The molecule has 1 amide bonds. The highest BCUT2D eigenvalue weighted by Crippen LogP contribution is 2.17. The van der Waals surface area contributed by atoms with E-state index in [0.29, 0.717) is 12.0 Å². The van der Waals surface area contributed by atoms with Gasteiger partial charge in [0.05, 0.1) is 0 Å². The molecule has 4 nitrogen and oxygen atoms in total. The largest absolute Gasteiger partial charge is 0.443 e. The summed E-state index contributed by atoms with van der Waals surface area (Å²) in [5.74, 6) is -0.0103. The topological polar surface area (TPSA) is 55.1 Å². The SMILES string of the molecule is CCC(=O)Nc1ccc2ncoc2c1. The Morgan fingerprint density at radius 2 is 2.43 bits per heavy atom. The van der Waals surface area contributed by atoms with E-state index >= 15 is 0 Å². The fraction of sp³-hybridized carbons (Fsp3) is 0.200. The van der Waals surface area contributed by atoms with Crippen LogP contribution >= 0.6 is 0 Å². The van der Waals surface area contributed by atoms with Crippen LogP contribution in [-0.4, -0.2) is 10.9 Å². The molecule has 0 fully saturated rings. The zero-order valence-corrected chi connectivity index (χ0v) is 7.78. The number of carbonyl (C=O) groups is 1. The molecule has 14 heavy (non-hydrogen) atoms. The molecular formula is C10H10N2O2. The number of rotatable bonds is 2. The van der Waals surface area contributed by atoms with Gasteiger partial charge in [0.2, 0.25) is 5.91 Å². The Balaban J connectivity index is 2.30. The zero-order chi connectivity index (χ0) is 9.97.